The predicted octanol–water partition coefficient (Wildman–Crippen LogP) is 2.25. The molecular weight excluding hydrogens is 256 g/mol. The molecule has 5 nitrogen and oxygen atoms in total. The van der Waals surface area contributed by atoms with E-state index in [1.807, 2.05) is 0 Å². The number of ether oxygens (including phenoxy) is 1. The van der Waals surface area contributed by atoms with Crippen molar-refractivity contribution in [3.63, 3.8) is 0 Å². The highest BCUT2D eigenvalue weighted by Crippen LogP contribution is 2.33. The van der Waals surface area contributed by atoms with Gasteiger partial charge < -0.3 is 20.9 Å². The fourth-order valence-corrected chi connectivity index (χ4v) is 2.79. The Morgan fingerprint density at radius 1 is 1.55 bits per heavy atom. The number of anilines is 1. The number of carbonyl (C=O) groups is 1. The molecule has 0 spiro atoms. The molecule has 4 N–H and O–H groups in total. The van der Waals surface area contributed by atoms with E-state index in [1.165, 1.54) is 13.2 Å². The number of nitrogens with one attached hydrogen (secondary N) is 1. The van der Waals surface area contributed by atoms with E-state index >= 15 is 0 Å². The maximum Gasteiger partial charge on any atom is 0.244 e. The van der Waals surface area contributed by atoms with Gasteiger partial charge in [0.25, 0.3) is 0 Å². The second-order valence-corrected chi connectivity index (χ2v) is 5.69. The van der Waals surface area contributed by atoms with Crippen LogP contribution in [0.3, 0.4) is 0 Å². The molecule has 2 atom stereocenters. The molecule has 0 saturated heterocycles. The number of nitrogens with two attached hydrogens (primary N) is 1. The van der Waals surface area contributed by atoms with Gasteiger partial charge in [0, 0.05) is 6.07 Å². The van der Waals surface area contributed by atoms with Gasteiger partial charge in [0.15, 0.2) is 0 Å². The molecule has 0 aromatic heterocycles. The normalized spacial score (nSPS) is 26.1. The van der Waals surface area contributed by atoms with Gasteiger partial charge in [-0.15, -0.1) is 0 Å². The van der Waals surface area contributed by atoms with Crippen LogP contribution in [-0.2, 0) is 4.79 Å². The molecule has 1 aliphatic rings. The average Bonchev–Trinajstić information content (AvgIpc) is 2.40. The summed E-state index contributed by atoms with van der Waals surface area (Å²) in [5.74, 6) is 0.730. The Hall–Kier alpha value is -1.75. The van der Waals surface area contributed by atoms with Crippen molar-refractivity contribution in [1.29, 1.82) is 0 Å². The van der Waals surface area contributed by atoms with Crippen molar-refractivity contribution in [2.24, 2.45) is 11.7 Å². The number of amides is 1. The van der Waals surface area contributed by atoms with Gasteiger partial charge >= 0.3 is 0 Å². The van der Waals surface area contributed by atoms with Crippen molar-refractivity contribution in [3.05, 3.63) is 18.2 Å². The van der Waals surface area contributed by atoms with Gasteiger partial charge in [-0.25, -0.2) is 0 Å². The zero-order chi connectivity index (χ0) is 14.8. The summed E-state index contributed by atoms with van der Waals surface area (Å²) in [6.45, 7) is 2.11. The maximum absolute atomic E-state index is 12.4. The molecule has 0 radical (unpaired) electrons. The van der Waals surface area contributed by atoms with Gasteiger partial charge in [-0.1, -0.05) is 19.8 Å². The average molecular weight is 278 g/mol. The summed E-state index contributed by atoms with van der Waals surface area (Å²) >= 11 is 0. The molecule has 1 aromatic carbocycles. The van der Waals surface area contributed by atoms with E-state index in [0.717, 1.165) is 12.8 Å². The van der Waals surface area contributed by atoms with Crippen LogP contribution in [0, 0.1) is 5.92 Å². The zero-order valence-corrected chi connectivity index (χ0v) is 12.0. The molecular formula is C15H22N2O3. The van der Waals surface area contributed by atoms with Crippen molar-refractivity contribution in [2.75, 3.05) is 12.4 Å². The number of rotatable bonds is 3. The van der Waals surface area contributed by atoms with Gasteiger partial charge in [0.05, 0.1) is 18.3 Å². The van der Waals surface area contributed by atoms with Gasteiger partial charge in [0.2, 0.25) is 5.91 Å². The molecule has 0 bridgehead atoms. The highest BCUT2D eigenvalue weighted by atomic mass is 16.5. The third-order valence-electron chi connectivity index (χ3n) is 3.94. The first kappa shape index (κ1) is 14.7. The Balaban J connectivity index is 2.11. The SMILES string of the molecule is COc1ccc(NC(=O)C2(N)CCCC(C)C2)c(O)c1. The highest BCUT2D eigenvalue weighted by Gasteiger charge is 2.38. The molecule has 110 valence electrons. The standard InChI is InChI=1S/C15H22N2O3/c1-10-4-3-7-15(16,9-10)14(19)17-12-6-5-11(20-2)8-13(12)18/h5-6,8,10,18H,3-4,7,9,16H2,1-2H3,(H,17,19). The van der Waals surface area contributed by atoms with Gasteiger partial charge in [-0.2, -0.15) is 0 Å². The Kier molecular flexibility index (Phi) is 4.18. The van der Waals surface area contributed by atoms with Gasteiger partial charge in [-0.05, 0) is 30.9 Å². The number of benzene rings is 1. The summed E-state index contributed by atoms with van der Waals surface area (Å²) < 4.78 is 5.01. The van der Waals surface area contributed by atoms with Crippen LogP contribution in [0.25, 0.3) is 0 Å². The largest absolute Gasteiger partial charge is 0.506 e. The first-order valence-electron chi connectivity index (χ1n) is 6.92. The van der Waals surface area contributed by atoms with Crippen LogP contribution in [0.2, 0.25) is 0 Å². The number of methoxy groups -OCH3 is 1. The lowest BCUT2D eigenvalue weighted by Gasteiger charge is -2.35. The Morgan fingerprint density at radius 3 is 2.90 bits per heavy atom. The number of carbonyl (C=O) groups excluding carboxylic acids is 1. The molecule has 1 saturated carbocycles. The van der Waals surface area contributed by atoms with Gasteiger partial charge in [-0.3, -0.25) is 4.79 Å². The maximum atomic E-state index is 12.4. The minimum atomic E-state index is -0.843. The van der Waals surface area contributed by atoms with E-state index in [2.05, 4.69) is 12.2 Å². The van der Waals surface area contributed by atoms with Crippen molar-refractivity contribution in [3.8, 4) is 11.5 Å². The number of hydrogen-bond acceptors (Lipinski definition) is 4. The fourth-order valence-electron chi connectivity index (χ4n) is 2.79. The molecule has 0 heterocycles. The predicted molar refractivity (Wildman–Crippen MR) is 77.8 cm³/mol. The van der Waals surface area contributed by atoms with Crippen molar-refractivity contribution < 1.29 is 14.6 Å². The number of phenolic OH excluding ortho intramolecular Hbond substituents is 1. The lowest BCUT2D eigenvalue weighted by atomic mass is 9.76. The highest BCUT2D eigenvalue weighted by molar-refractivity contribution is 5.99. The van der Waals surface area contributed by atoms with Crippen LogP contribution >= 0.6 is 0 Å². The van der Waals surface area contributed by atoms with Crippen LogP contribution in [0.15, 0.2) is 18.2 Å². The third-order valence-corrected chi connectivity index (χ3v) is 3.94. The first-order chi connectivity index (χ1) is 9.44. The monoisotopic (exact) mass is 278 g/mol. The van der Waals surface area contributed by atoms with E-state index < -0.39 is 5.54 Å². The summed E-state index contributed by atoms with van der Waals surface area (Å²) in [5, 5.41) is 12.6. The minimum absolute atomic E-state index is 0.0230. The Bertz CT molecular complexity index is 504. The second kappa shape index (κ2) is 5.71. The molecule has 2 rings (SSSR count). The van der Waals surface area contributed by atoms with Crippen molar-refractivity contribution in [1.82, 2.24) is 0 Å². The smallest absolute Gasteiger partial charge is 0.244 e. The second-order valence-electron chi connectivity index (χ2n) is 5.69. The summed E-state index contributed by atoms with van der Waals surface area (Å²) in [6.07, 6.45) is 3.43. The van der Waals surface area contributed by atoms with Crippen LogP contribution < -0.4 is 15.8 Å². The molecule has 5 heteroatoms. The molecule has 20 heavy (non-hydrogen) atoms. The van der Waals surface area contributed by atoms with E-state index in [1.54, 1.807) is 12.1 Å². The van der Waals surface area contributed by atoms with Crippen LogP contribution in [0.5, 0.6) is 11.5 Å². The fraction of sp³-hybridized carbons (Fsp3) is 0.533. The first-order valence-corrected chi connectivity index (χ1v) is 6.92. The summed E-state index contributed by atoms with van der Waals surface area (Å²) in [5.41, 5.74) is 5.75. The Labute approximate surface area is 119 Å². The lowest BCUT2D eigenvalue weighted by molar-refractivity contribution is -0.122. The van der Waals surface area contributed by atoms with E-state index in [-0.39, 0.29) is 11.7 Å². The van der Waals surface area contributed by atoms with E-state index in [9.17, 15) is 9.90 Å². The molecule has 1 amide bonds. The summed E-state index contributed by atoms with van der Waals surface area (Å²) in [4.78, 5) is 12.4. The topological polar surface area (TPSA) is 84.6 Å². The molecule has 0 aliphatic heterocycles. The van der Waals surface area contributed by atoms with Crippen LogP contribution in [0.1, 0.15) is 32.6 Å². The van der Waals surface area contributed by atoms with E-state index in [0.29, 0.717) is 30.2 Å². The summed E-state index contributed by atoms with van der Waals surface area (Å²) in [6, 6.07) is 4.76. The third kappa shape index (κ3) is 3.04. The van der Waals surface area contributed by atoms with Gasteiger partial charge in [0.1, 0.15) is 11.5 Å². The molecule has 1 aliphatic carbocycles. The zero-order valence-electron chi connectivity index (χ0n) is 12.0. The molecule has 2 unspecified atom stereocenters. The van der Waals surface area contributed by atoms with Crippen LogP contribution in [0.4, 0.5) is 5.69 Å². The Morgan fingerprint density at radius 2 is 2.30 bits per heavy atom. The quantitative estimate of drug-likeness (QED) is 0.740. The van der Waals surface area contributed by atoms with Crippen molar-refractivity contribution >= 4 is 11.6 Å². The lowest BCUT2D eigenvalue weighted by Crippen LogP contribution is -2.53. The number of hydrogen-bond donors (Lipinski definition) is 3. The van der Waals surface area contributed by atoms with E-state index in [4.69, 9.17) is 10.5 Å². The molecule has 1 fully saturated rings. The minimum Gasteiger partial charge on any atom is -0.506 e. The number of aromatic hydroxyl groups is 1. The summed E-state index contributed by atoms with van der Waals surface area (Å²) in [7, 11) is 1.52. The van der Waals surface area contributed by atoms with Crippen LogP contribution in [-0.4, -0.2) is 23.7 Å². The molecule has 1 aromatic rings. The number of phenols is 1. The van der Waals surface area contributed by atoms with Crippen molar-refractivity contribution in [2.45, 2.75) is 38.1 Å².